The molecule has 9 heteroatoms. The van der Waals surface area contributed by atoms with Gasteiger partial charge in [0.2, 0.25) is 0 Å². The molecule has 2 aromatic carbocycles. The van der Waals surface area contributed by atoms with Crippen LogP contribution in [-0.2, 0) is 4.79 Å². The highest BCUT2D eigenvalue weighted by Gasteiger charge is 2.34. The van der Waals surface area contributed by atoms with Crippen molar-refractivity contribution in [1.82, 2.24) is 10.2 Å². The number of imide groups is 1. The molecular formula is C20H18FN3O4S. The molecule has 4 amide bonds. The molecule has 2 N–H and O–H groups in total. The Kier molecular flexibility index (Phi) is 6.50. The van der Waals surface area contributed by atoms with Gasteiger partial charge in [0.25, 0.3) is 11.1 Å². The third-order valence-electron chi connectivity index (χ3n) is 4.04. The second-order valence-electron chi connectivity index (χ2n) is 5.94. The van der Waals surface area contributed by atoms with Crippen LogP contribution in [0, 0.1) is 5.82 Å². The molecule has 2 aromatic rings. The Morgan fingerprint density at radius 2 is 1.90 bits per heavy atom. The zero-order valence-corrected chi connectivity index (χ0v) is 16.3. The quantitative estimate of drug-likeness (QED) is 0.703. The van der Waals surface area contributed by atoms with Crippen molar-refractivity contribution in [2.75, 3.05) is 25.5 Å². The summed E-state index contributed by atoms with van der Waals surface area (Å²) in [6, 6.07) is 12.4. The number of nitrogens with zero attached hydrogens (tertiary/aromatic N) is 1. The largest absolute Gasteiger partial charge is 0.495 e. The minimum Gasteiger partial charge on any atom is -0.495 e. The second-order valence-corrected chi connectivity index (χ2v) is 6.93. The molecule has 150 valence electrons. The molecule has 0 radical (unpaired) electrons. The number of carbonyl (C=O) groups excluding carboxylic acids is 3. The minimum absolute atomic E-state index is 0.00137. The van der Waals surface area contributed by atoms with E-state index in [9.17, 15) is 18.8 Å². The summed E-state index contributed by atoms with van der Waals surface area (Å²) in [6.07, 6.45) is 1.35. The average molecular weight is 415 g/mol. The maximum Gasteiger partial charge on any atom is 0.319 e. The van der Waals surface area contributed by atoms with Crippen molar-refractivity contribution >= 4 is 40.7 Å². The Morgan fingerprint density at radius 3 is 2.66 bits per heavy atom. The normalized spacial score (nSPS) is 15.0. The maximum absolute atomic E-state index is 13.8. The number of para-hydroxylation sites is 2. The molecule has 3 rings (SSSR count). The fraction of sp³-hybridized carbons (Fsp3) is 0.150. The summed E-state index contributed by atoms with van der Waals surface area (Å²) in [5.74, 6) is -0.490. The van der Waals surface area contributed by atoms with E-state index in [-0.39, 0.29) is 23.6 Å². The number of ether oxygens (including phenoxy) is 1. The lowest BCUT2D eigenvalue weighted by atomic mass is 10.2. The summed E-state index contributed by atoms with van der Waals surface area (Å²) >= 11 is 0.739. The first-order valence-corrected chi connectivity index (χ1v) is 9.49. The summed E-state index contributed by atoms with van der Waals surface area (Å²) < 4.78 is 18.9. The van der Waals surface area contributed by atoms with Crippen LogP contribution in [0.5, 0.6) is 5.75 Å². The highest BCUT2D eigenvalue weighted by Crippen LogP contribution is 2.32. The molecule has 0 atom stereocenters. The number of rotatable bonds is 6. The molecule has 0 spiro atoms. The van der Waals surface area contributed by atoms with Crippen LogP contribution in [0.15, 0.2) is 53.4 Å². The Morgan fingerprint density at radius 1 is 1.17 bits per heavy atom. The maximum atomic E-state index is 13.8. The van der Waals surface area contributed by atoms with Crippen molar-refractivity contribution in [3.63, 3.8) is 0 Å². The van der Waals surface area contributed by atoms with E-state index < -0.39 is 23.0 Å². The van der Waals surface area contributed by atoms with Crippen LogP contribution in [0.3, 0.4) is 0 Å². The van der Waals surface area contributed by atoms with Crippen LogP contribution in [0.1, 0.15) is 5.56 Å². The van der Waals surface area contributed by atoms with Crippen molar-refractivity contribution in [3.05, 3.63) is 64.8 Å². The lowest BCUT2D eigenvalue weighted by molar-refractivity contribution is -0.122. The summed E-state index contributed by atoms with van der Waals surface area (Å²) in [7, 11) is 1.49. The van der Waals surface area contributed by atoms with Crippen LogP contribution in [0.25, 0.3) is 6.08 Å². The number of anilines is 1. The standard InChI is InChI=1S/C20H18FN3O4S/c1-28-16-9-5-4-8-15(16)23-19(26)22-10-11-24-18(25)17(29-20(24)27)12-13-6-2-3-7-14(13)21/h2-9,12H,10-11H2,1H3,(H2,22,23,26)/b17-12-. The molecular weight excluding hydrogens is 397 g/mol. The molecule has 0 aliphatic carbocycles. The summed E-state index contributed by atoms with van der Waals surface area (Å²) in [5, 5.41) is 4.75. The number of nitrogens with one attached hydrogen (secondary N) is 2. The highest BCUT2D eigenvalue weighted by molar-refractivity contribution is 8.18. The first kappa shape index (κ1) is 20.4. The lowest BCUT2D eigenvalue weighted by Crippen LogP contribution is -2.38. The van der Waals surface area contributed by atoms with Crippen LogP contribution >= 0.6 is 11.8 Å². The molecule has 1 saturated heterocycles. The van der Waals surface area contributed by atoms with Crippen molar-refractivity contribution in [1.29, 1.82) is 0 Å². The number of hydrogen-bond donors (Lipinski definition) is 2. The van der Waals surface area contributed by atoms with Crippen LogP contribution in [0.4, 0.5) is 19.7 Å². The van der Waals surface area contributed by atoms with Gasteiger partial charge in [0.1, 0.15) is 11.6 Å². The average Bonchev–Trinajstić information content (AvgIpc) is 2.97. The monoisotopic (exact) mass is 415 g/mol. The summed E-state index contributed by atoms with van der Waals surface area (Å²) in [5.41, 5.74) is 0.721. The van der Waals surface area contributed by atoms with Crippen LogP contribution in [0.2, 0.25) is 0 Å². The zero-order chi connectivity index (χ0) is 20.8. The summed E-state index contributed by atoms with van der Waals surface area (Å²) in [4.78, 5) is 37.7. The van der Waals surface area contributed by atoms with Crippen molar-refractivity contribution in [2.24, 2.45) is 0 Å². The molecule has 0 saturated carbocycles. The molecule has 0 bridgehead atoms. The van der Waals surface area contributed by atoms with Gasteiger partial charge in [-0.1, -0.05) is 30.3 Å². The predicted molar refractivity (Wildman–Crippen MR) is 109 cm³/mol. The zero-order valence-electron chi connectivity index (χ0n) is 15.5. The van der Waals surface area contributed by atoms with Gasteiger partial charge in [-0.2, -0.15) is 0 Å². The van der Waals surface area contributed by atoms with Gasteiger partial charge < -0.3 is 15.4 Å². The number of benzene rings is 2. The van der Waals surface area contributed by atoms with Gasteiger partial charge in [-0.25, -0.2) is 9.18 Å². The van der Waals surface area contributed by atoms with Crippen LogP contribution in [-0.4, -0.2) is 42.3 Å². The van der Waals surface area contributed by atoms with Gasteiger partial charge >= 0.3 is 6.03 Å². The number of methoxy groups -OCH3 is 1. The Bertz CT molecular complexity index is 980. The third-order valence-corrected chi connectivity index (χ3v) is 4.95. The Hall–Kier alpha value is -3.33. The van der Waals surface area contributed by atoms with E-state index in [2.05, 4.69) is 10.6 Å². The third kappa shape index (κ3) is 4.94. The van der Waals surface area contributed by atoms with Gasteiger partial charge in [0.05, 0.1) is 17.7 Å². The number of hydrogen-bond acceptors (Lipinski definition) is 5. The number of urea groups is 1. The molecule has 1 fully saturated rings. The van der Waals surface area contributed by atoms with E-state index in [0.717, 1.165) is 16.7 Å². The van der Waals surface area contributed by atoms with Gasteiger partial charge in [0, 0.05) is 18.7 Å². The Balaban J connectivity index is 1.55. The van der Waals surface area contributed by atoms with E-state index in [1.807, 2.05) is 0 Å². The minimum atomic E-state index is -0.518. The fourth-order valence-corrected chi connectivity index (χ4v) is 3.48. The topological polar surface area (TPSA) is 87.7 Å². The van der Waals surface area contributed by atoms with Gasteiger partial charge in [-0.15, -0.1) is 0 Å². The SMILES string of the molecule is COc1ccccc1NC(=O)NCCN1C(=O)S/C(=C\c2ccccc2F)C1=O. The number of amides is 4. The van der Waals surface area contributed by atoms with Crippen molar-refractivity contribution in [3.8, 4) is 5.75 Å². The first-order chi connectivity index (χ1) is 14.0. The van der Waals surface area contributed by atoms with Crippen LogP contribution < -0.4 is 15.4 Å². The van der Waals surface area contributed by atoms with E-state index in [4.69, 9.17) is 4.74 Å². The van der Waals surface area contributed by atoms with Gasteiger partial charge in [-0.05, 0) is 36.0 Å². The van der Waals surface area contributed by atoms with E-state index >= 15 is 0 Å². The Labute approximate surface area is 170 Å². The number of thioether (sulfide) groups is 1. The molecule has 0 unspecified atom stereocenters. The molecule has 0 aromatic heterocycles. The van der Waals surface area contributed by atoms with Gasteiger partial charge in [0.15, 0.2) is 0 Å². The first-order valence-electron chi connectivity index (χ1n) is 8.67. The van der Waals surface area contributed by atoms with E-state index in [1.54, 1.807) is 36.4 Å². The van der Waals surface area contributed by atoms with Crippen molar-refractivity contribution < 1.29 is 23.5 Å². The molecule has 1 heterocycles. The predicted octanol–water partition coefficient (Wildman–Crippen LogP) is 3.69. The number of halogens is 1. The summed E-state index contributed by atoms with van der Waals surface area (Å²) in [6.45, 7) is 0.0601. The smallest absolute Gasteiger partial charge is 0.319 e. The molecule has 1 aliphatic rings. The fourth-order valence-electron chi connectivity index (χ4n) is 2.62. The second kappa shape index (κ2) is 9.24. The lowest BCUT2D eigenvalue weighted by Gasteiger charge is -2.14. The van der Waals surface area contributed by atoms with Crippen molar-refractivity contribution in [2.45, 2.75) is 0 Å². The van der Waals surface area contributed by atoms with E-state index in [1.165, 1.54) is 25.3 Å². The molecule has 1 aliphatic heterocycles. The van der Waals surface area contributed by atoms with E-state index in [0.29, 0.717) is 11.4 Å². The highest BCUT2D eigenvalue weighted by atomic mass is 32.2. The molecule has 29 heavy (non-hydrogen) atoms. The number of carbonyl (C=O) groups is 3. The molecule has 7 nitrogen and oxygen atoms in total. The van der Waals surface area contributed by atoms with Gasteiger partial charge in [-0.3, -0.25) is 14.5 Å².